The summed E-state index contributed by atoms with van der Waals surface area (Å²) in [6.45, 7) is 2.21. The Bertz CT molecular complexity index is 1490. The van der Waals surface area contributed by atoms with Crippen LogP contribution in [0.1, 0.15) is 29.8 Å². The number of rotatable bonds is 10. The highest BCUT2D eigenvalue weighted by atomic mass is 16.7. The fraction of sp³-hybridized carbons (Fsp3) is 0.355. The number of nitrogens with one attached hydrogen (secondary N) is 1. The molecule has 1 saturated carbocycles. The molecule has 5 rings (SSSR count). The zero-order chi connectivity index (χ0) is 30.8. The Morgan fingerprint density at radius 2 is 1.70 bits per heavy atom. The molecular formula is C31H33N3O9. The fourth-order valence-corrected chi connectivity index (χ4v) is 6.10. The van der Waals surface area contributed by atoms with Crippen molar-refractivity contribution in [2.24, 2.45) is 4.99 Å². The number of carbonyl (C=O) groups is 1. The molecule has 1 heterocycles. The van der Waals surface area contributed by atoms with Crippen LogP contribution in [0.15, 0.2) is 89.9 Å². The Balaban J connectivity index is 1.70. The number of methoxy groups -OCH3 is 1. The van der Waals surface area contributed by atoms with Crippen molar-refractivity contribution in [2.75, 3.05) is 25.8 Å². The monoisotopic (exact) mass is 591 g/mol. The van der Waals surface area contributed by atoms with Crippen LogP contribution in [-0.4, -0.2) is 82.5 Å². The minimum Gasteiger partial charge on any atom is -0.472 e. The molecule has 6 atom stereocenters. The Morgan fingerprint density at radius 3 is 2.28 bits per heavy atom. The maximum atomic E-state index is 13.7. The summed E-state index contributed by atoms with van der Waals surface area (Å²) >= 11 is 0. The van der Waals surface area contributed by atoms with Crippen molar-refractivity contribution >= 4 is 23.2 Å². The first-order chi connectivity index (χ1) is 20.6. The number of hydrogen-bond acceptors (Lipinski definition) is 11. The van der Waals surface area contributed by atoms with Crippen LogP contribution < -0.4 is 5.32 Å². The second-order valence-electron chi connectivity index (χ2n) is 10.7. The van der Waals surface area contributed by atoms with Crippen molar-refractivity contribution < 1.29 is 38.9 Å². The molecule has 1 fully saturated rings. The summed E-state index contributed by atoms with van der Waals surface area (Å²) in [4.78, 5) is 29.3. The van der Waals surface area contributed by atoms with Crippen molar-refractivity contribution in [3.63, 3.8) is 0 Å². The van der Waals surface area contributed by atoms with E-state index in [0.29, 0.717) is 11.3 Å². The van der Waals surface area contributed by atoms with Gasteiger partial charge in [0.25, 0.3) is 5.69 Å². The molecule has 12 heteroatoms. The number of carbonyl (C=O) groups excluding carboxylic acids is 1. The molecule has 1 spiro atoms. The van der Waals surface area contributed by atoms with Crippen LogP contribution >= 0.6 is 0 Å². The maximum Gasteiger partial charge on any atom is 0.338 e. The zero-order valence-electron chi connectivity index (χ0n) is 23.9. The number of aliphatic hydroxyl groups is 2. The van der Waals surface area contributed by atoms with Gasteiger partial charge in [-0.1, -0.05) is 36.4 Å². The third-order valence-electron chi connectivity index (χ3n) is 8.41. The second kappa shape index (κ2) is 11.7. The van der Waals surface area contributed by atoms with Crippen molar-refractivity contribution in [3.8, 4) is 0 Å². The van der Waals surface area contributed by atoms with Crippen LogP contribution in [0.2, 0.25) is 0 Å². The van der Waals surface area contributed by atoms with E-state index in [4.69, 9.17) is 23.9 Å². The van der Waals surface area contributed by atoms with E-state index in [2.05, 4.69) is 5.32 Å². The van der Waals surface area contributed by atoms with E-state index < -0.39 is 52.5 Å². The number of anilines is 1. The molecule has 12 nitrogen and oxygen atoms in total. The molecular weight excluding hydrogens is 558 g/mol. The maximum absolute atomic E-state index is 13.7. The summed E-state index contributed by atoms with van der Waals surface area (Å²) in [5.74, 6) is -0.594. The summed E-state index contributed by atoms with van der Waals surface area (Å²) in [5.41, 5.74) is -4.44. The lowest BCUT2D eigenvalue weighted by atomic mass is 9.74. The number of aliphatic hydroxyl groups excluding tert-OH is 1. The molecule has 0 aromatic heterocycles. The lowest BCUT2D eigenvalue weighted by Crippen LogP contribution is -2.68. The average molecular weight is 592 g/mol. The van der Waals surface area contributed by atoms with Crippen LogP contribution in [0.4, 0.5) is 11.4 Å². The number of non-ortho nitro benzene ring substituents is 1. The summed E-state index contributed by atoms with van der Waals surface area (Å²) in [6, 6.07) is 21.8. The average Bonchev–Trinajstić information content (AvgIpc) is 3.45. The van der Waals surface area contributed by atoms with Crippen molar-refractivity contribution in [3.05, 3.63) is 106 Å². The van der Waals surface area contributed by atoms with E-state index in [1.54, 1.807) is 38.1 Å². The number of aliphatic imine (C=N–C) groups is 1. The van der Waals surface area contributed by atoms with Gasteiger partial charge in [-0.25, -0.2) is 9.79 Å². The molecule has 3 aromatic rings. The molecule has 2 aliphatic rings. The van der Waals surface area contributed by atoms with E-state index in [1.807, 2.05) is 36.4 Å². The van der Waals surface area contributed by atoms with Gasteiger partial charge in [-0.2, -0.15) is 0 Å². The van der Waals surface area contributed by atoms with Crippen LogP contribution in [0, 0.1) is 10.1 Å². The first-order valence-corrected chi connectivity index (χ1v) is 13.7. The van der Waals surface area contributed by atoms with Crippen LogP contribution in [-0.2, 0) is 18.9 Å². The number of nitrogens with zero attached hydrogens (tertiary/aromatic N) is 2. The molecule has 1 aliphatic heterocycles. The van der Waals surface area contributed by atoms with Gasteiger partial charge < -0.3 is 34.5 Å². The molecule has 0 radical (unpaired) electrons. The minimum absolute atomic E-state index is 0.0389. The summed E-state index contributed by atoms with van der Waals surface area (Å²) in [6.07, 6.45) is -2.15. The van der Waals surface area contributed by atoms with Gasteiger partial charge in [0.15, 0.2) is 11.6 Å². The largest absolute Gasteiger partial charge is 0.472 e. The molecule has 0 bridgehead atoms. The van der Waals surface area contributed by atoms with Crippen molar-refractivity contribution in [1.82, 2.24) is 0 Å². The number of benzene rings is 3. The molecule has 1 aliphatic carbocycles. The van der Waals surface area contributed by atoms with Gasteiger partial charge in [0, 0.05) is 30.5 Å². The Labute approximate surface area is 248 Å². The molecule has 0 unspecified atom stereocenters. The smallest absolute Gasteiger partial charge is 0.338 e. The van der Waals surface area contributed by atoms with Crippen LogP contribution in [0.25, 0.3) is 0 Å². The second-order valence-corrected chi connectivity index (χ2v) is 10.7. The van der Waals surface area contributed by atoms with Gasteiger partial charge in [-0.3, -0.25) is 10.1 Å². The zero-order valence-corrected chi connectivity index (χ0v) is 23.9. The van der Waals surface area contributed by atoms with Gasteiger partial charge in [0.05, 0.1) is 17.1 Å². The summed E-state index contributed by atoms with van der Waals surface area (Å²) in [5, 5.41) is 37.7. The van der Waals surface area contributed by atoms with E-state index in [9.17, 15) is 25.1 Å². The summed E-state index contributed by atoms with van der Waals surface area (Å²) in [7, 11) is 1.42. The number of ether oxygens (including phenoxy) is 4. The van der Waals surface area contributed by atoms with Gasteiger partial charge in [0.2, 0.25) is 5.90 Å². The minimum atomic E-state index is -2.12. The third kappa shape index (κ3) is 4.91. The van der Waals surface area contributed by atoms with Gasteiger partial charge in [-0.15, -0.1) is 0 Å². The van der Waals surface area contributed by atoms with Gasteiger partial charge in [0.1, 0.15) is 30.1 Å². The SMILES string of the molecule is COCO[C@]1(C)[C@@]2(N=C(c3ccccc3)O[C@H]2C)[C@@H](OC(=O)c2ccc([N+](=O)[O-])cc2)[C@H](Nc2ccccc2)[C@]1(O)CO. The van der Waals surface area contributed by atoms with Crippen molar-refractivity contribution in [2.45, 2.75) is 48.8 Å². The fourth-order valence-electron chi connectivity index (χ4n) is 6.10. The van der Waals surface area contributed by atoms with Crippen LogP contribution in [0.3, 0.4) is 0 Å². The lowest BCUT2D eigenvalue weighted by Gasteiger charge is -2.46. The Hall–Kier alpha value is -4.36. The quantitative estimate of drug-likeness (QED) is 0.138. The molecule has 43 heavy (non-hydrogen) atoms. The number of nitro groups is 1. The van der Waals surface area contributed by atoms with Crippen LogP contribution in [0.5, 0.6) is 0 Å². The first-order valence-electron chi connectivity index (χ1n) is 13.7. The number of hydrogen-bond donors (Lipinski definition) is 3. The normalized spacial score (nSPS) is 29.6. The Kier molecular flexibility index (Phi) is 8.21. The van der Waals surface area contributed by atoms with E-state index in [-0.39, 0.29) is 23.9 Å². The number of para-hydroxylation sites is 1. The highest BCUT2D eigenvalue weighted by molar-refractivity contribution is 5.96. The highest BCUT2D eigenvalue weighted by Crippen LogP contribution is 2.57. The predicted molar refractivity (Wildman–Crippen MR) is 156 cm³/mol. The van der Waals surface area contributed by atoms with E-state index >= 15 is 0 Å². The topological polar surface area (TPSA) is 162 Å². The van der Waals surface area contributed by atoms with Crippen molar-refractivity contribution in [1.29, 1.82) is 0 Å². The standard InChI is InChI=1S/C31H33N3O9/c1-20-31(33-27(42-20)21-10-6-4-7-11-21)26(43-28(36)22-14-16-24(17-15-22)34(38)39)25(32-23-12-8-5-9-13-23)30(37,18-35)29(31,2)41-19-40-3/h4-17,20,25-26,32,35,37H,18-19H2,1-3H3/t20-,25-,26-,29-,30+,31-/m0/s1. The molecule has 0 amide bonds. The first kappa shape index (κ1) is 30.1. The lowest BCUT2D eigenvalue weighted by molar-refractivity contribution is -0.384. The molecule has 0 saturated heterocycles. The van der Waals surface area contributed by atoms with E-state index in [0.717, 1.165) is 0 Å². The Morgan fingerprint density at radius 1 is 1.07 bits per heavy atom. The van der Waals surface area contributed by atoms with Gasteiger partial charge >= 0.3 is 5.97 Å². The highest BCUT2D eigenvalue weighted by Gasteiger charge is 2.81. The molecule has 3 aromatic carbocycles. The molecule has 3 N–H and O–H groups in total. The van der Waals surface area contributed by atoms with Gasteiger partial charge in [-0.05, 0) is 50.2 Å². The molecule has 226 valence electrons. The van der Waals surface area contributed by atoms with E-state index in [1.165, 1.54) is 31.4 Å². The third-order valence-corrected chi connectivity index (χ3v) is 8.41. The predicted octanol–water partition coefficient (Wildman–Crippen LogP) is 3.32. The number of nitro benzene ring substituents is 1. The number of esters is 1. The summed E-state index contributed by atoms with van der Waals surface area (Å²) < 4.78 is 24.0.